The Hall–Kier alpha value is -2.66. The number of aromatic amines is 1. The van der Waals surface area contributed by atoms with Gasteiger partial charge in [-0.2, -0.15) is 5.10 Å². The molecular weight excluding hydrogens is 252 g/mol. The smallest absolute Gasteiger partial charge is 0.181 e. The summed E-state index contributed by atoms with van der Waals surface area (Å²) in [5, 5.41) is 6.91. The van der Waals surface area contributed by atoms with Gasteiger partial charge in [-0.25, -0.2) is 4.98 Å². The maximum Gasteiger partial charge on any atom is 0.181 e. The van der Waals surface area contributed by atoms with E-state index in [0.717, 1.165) is 17.1 Å². The number of hydrogen-bond donors (Lipinski definition) is 2. The van der Waals surface area contributed by atoms with E-state index in [-0.39, 0.29) is 0 Å². The van der Waals surface area contributed by atoms with Crippen LogP contribution in [0.4, 0.5) is 0 Å². The fourth-order valence-corrected chi connectivity index (χ4v) is 1.81. The van der Waals surface area contributed by atoms with Crippen LogP contribution in [0.2, 0.25) is 0 Å². The summed E-state index contributed by atoms with van der Waals surface area (Å²) in [6, 6.07) is 17.3. The first-order chi connectivity index (χ1) is 9.85. The summed E-state index contributed by atoms with van der Waals surface area (Å²) in [6.45, 7) is 0.349. The topological polar surface area (TPSA) is 76.8 Å². The Balaban J connectivity index is 1.77. The van der Waals surface area contributed by atoms with Crippen molar-refractivity contribution >= 4 is 0 Å². The molecule has 0 unspecified atom stereocenters. The molecule has 3 N–H and O–H groups in total. The van der Waals surface area contributed by atoms with E-state index in [1.54, 1.807) is 0 Å². The number of aromatic nitrogens is 3. The molecule has 3 aromatic rings. The molecule has 100 valence electrons. The summed E-state index contributed by atoms with van der Waals surface area (Å²) in [7, 11) is 0. The van der Waals surface area contributed by atoms with Crippen molar-refractivity contribution in [2.75, 3.05) is 0 Å². The van der Waals surface area contributed by atoms with Gasteiger partial charge in [0.05, 0.1) is 6.54 Å². The van der Waals surface area contributed by atoms with Crippen LogP contribution in [-0.2, 0) is 6.54 Å². The highest BCUT2D eigenvalue weighted by atomic mass is 16.5. The highest BCUT2D eigenvalue weighted by Gasteiger charge is 2.05. The number of hydrogen-bond acceptors (Lipinski definition) is 4. The largest absolute Gasteiger partial charge is 0.457 e. The molecule has 5 heteroatoms. The van der Waals surface area contributed by atoms with Crippen LogP contribution in [0.1, 0.15) is 5.82 Å². The Bertz CT molecular complexity index is 677. The molecular formula is C15H14N4O. The van der Waals surface area contributed by atoms with Gasteiger partial charge in [-0.3, -0.25) is 5.10 Å². The number of para-hydroxylation sites is 1. The maximum atomic E-state index is 5.73. The minimum atomic E-state index is 0.349. The average Bonchev–Trinajstić information content (AvgIpc) is 2.98. The fourth-order valence-electron chi connectivity index (χ4n) is 1.81. The van der Waals surface area contributed by atoms with Crippen LogP contribution in [0.3, 0.4) is 0 Å². The normalized spacial score (nSPS) is 10.4. The van der Waals surface area contributed by atoms with Crippen LogP contribution in [0, 0.1) is 0 Å². The van der Waals surface area contributed by atoms with E-state index in [4.69, 9.17) is 10.5 Å². The van der Waals surface area contributed by atoms with Gasteiger partial charge in [0.25, 0.3) is 0 Å². The molecule has 0 fully saturated rings. The second-order valence-electron chi connectivity index (χ2n) is 4.25. The molecule has 2 aromatic carbocycles. The molecule has 0 radical (unpaired) electrons. The molecule has 0 spiro atoms. The van der Waals surface area contributed by atoms with Crippen molar-refractivity contribution < 1.29 is 4.74 Å². The molecule has 0 aliphatic heterocycles. The predicted octanol–water partition coefficient (Wildman–Crippen LogP) is 2.72. The molecule has 0 aliphatic carbocycles. The third-order valence-corrected chi connectivity index (χ3v) is 2.82. The molecule has 0 bridgehead atoms. The van der Waals surface area contributed by atoms with Crippen LogP contribution in [0.25, 0.3) is 11.4 Å². The van der Waals surface area contributed by atoms with Gasteiger partial charge in [0.1, 0.15) is 17.3 Å². The number of benzene rings is 2. The zero-order chi connectivity index (χ0) is 13.8. The average molecular weight is 266 g/mol. The predicted molar refractivity (Wildman–Crippen MR) is 76.2 cm³/mol. The Morgan fingerprint density at radius 2 is 1.65 bits per heavy atom. The first-order valence-corrected chi connectivity index (χ1v) is 6.30. The van der Waals surface area contributed by atoms with E-state index >= 15 is 0 Å². The van der Waals surface area contributed by atoms with E-state index in [1.807, 2.05) is 54.6 Å². The number of rotatable bonds is 4. The van der Waals surface area contributed by atoms with Crippen molar-refractivity contribution in [3.8, 4) is 22.9 Å². The van der Waals surface area contributed by atoms with Gasteiger partial charge in [-0.05, 0) is 36.4 Å². The molecule has 20 heavy (non-hydrogen) atoms. The fraction of sp³-hybridized carbons (Fsp3) is 0.0667. The molecule has 1 heterocycles. The Morgan fingerprint density at radius 1 is 0.950 bits per heavy atom. The van der Waals surface area contributed by atoms with Crippen molar-refractivity contribution in [3.63, 3.8) is 0 Å². The highest BCUT2D eigenvalue weighted by molar-refractivity contribution is 5.56. The van der Waals surface area contributed by atoms with Gasteiger partial charge in [0.2, 0.25) is 0 Å². The molecule has 5 nitrogen and oxygen atoms in total. The second-order valence-corrected chi connectivity index (χ2v) is 4.25. The lowest BCUT2D eigenvalue weighted by molar-refractivity contribution is 0.483. The summed E-state index contributed by atoms with van der Waals surface area (Å²) in [5.41, 5.74) is 6.42. The lowest BCUT2D eigenvalue weighted by atomic mass is 10.2. The summed E-state index contributed by atoms with van der Waals surface area (Å²) >= 11 is 0. The Morgan fingerprint density at radius 3 is 2.30 bits per heavy atom. The second kappa shape index (κ2) is 5.54. The molecule has 0 saturated carbocycles. The van der Waals surface area contributed by atoms with Crippen molar-refractivity contribution in [3.05, 3.63) is 60.4 Å². The zero-order valence-corrected chi connectivity index (χ0v) is 10.8. The zero-order valence-electron chi connectivity index (χ0n) is 10.8. The minimum absolute atomic E-state index is 0.349. The van der Waals surface area contributed by atoms with E-state index in [0.29, 0.717) is 18.2 Å². The standard InChI is InChI=1S/C15H14N4O/c16-10-14-17-15(19-18-14)11-6-8-13(9-7-11)20-12-4-2-1-3-5-12/h1-9H,10,16H2,(H,17,18,19). The van der Waals surface area contributed by atoms with E-state index in [2.05, 4.69) is 15.2 Å². The van der Waals surface area contributed by atoms with Crippen molar-refractivity contribution in [1.29, 1.82) is 0 Å². The van der Waals surface area contributed by atoms with E-state index in [1.165, 1.54) is 0 Å². The quantitative estimate of drug-likeness (QED) is 0.761. The van der Waals surface area contributed by atoms with Gasteiger partial charge in [-0.1, -0.05) is 18.2 Å². The molecule has 0 saturated heterocycles. The molecule has 0 amide bonds. The first kappa shape index (κ1) is 12.4. The van der Waals surface area contributed by atoms with Gasteiger partial charge >= 0.3 is 0 Å². The number of nitrogens with two attached hydrogens (primary N) is 1. The van der Waals surface area contributed by atoms with Crippen LogP contribution < -0.4 is 10.5 Å². The van der Waals surface area contributed by atoms with Gasteiger partial charge < -0.3 is 10.5 Å². The Kier molecular flexibility index (Phi) is 3.43. The minimum Gasteiger partial charge on any atom is -0.457 e. The van der Waals surface area contributed by atoms with Gasteiger partial charge in [0.15, 0.2) is 5.82 Å². The lowest BCUT2D eigenvalue weighted by Gasteiger charge is -2.05. The maximum absolute atomic E-state index is 5.73. The molecule has 0 atom stereocenters. The van der Waals surface area contributed by atoms with Crippen LogP contribution >= 0.6 is 0 Å². The lowest BCUT2D eigenvalue weighted by Crippen LogP contribution is -1.97. The highest BCUT2D eigenvalue weighted by Crippen LogP contribution is 2.23. The Labute approximate surface area is 116 Å². The van der Waals surface area contributed by atoms with Crippen LogP contribution in [-0.4, -0.2) is 15.2 Å². The van der Waals surface area contributed by atoms with E-state index < -0.39 is 0 Å². The molecule has 0 aliphatic rings. The number of H-pyrrole nitrogens is 1. The van der Waals surface area contributed by atoms with Crippen molar-refractivity contribution in [1.82, 2.24) is 15.2 Å². The van der Waals surface area contributed by atoms with Gasteiger partial charge in [-0.15, -0.1) is 0 Å². The SMILES string of the molecule is NCc1nc(-c2ccc(Oc3ccccc3)cc2)n[nH]1. The summed E-state index contributed by atoms with van der Waals surface area (Å²) in [6.07, 6.45) is 0. The van der Waals surface area contributed by atoms with Crippen LogP contribution in [0.5, 0.6) is 11.5 Å². The summed E-state index contributed by atoms with van der Waals surface area (Å²) < 4.78 is 5.73. The number of nitrogens with zero attached hydrogens (tertiary/aromatic N) is 2. The third kappa shape index (κ3) is 2.67. The number of nitrogens with one attached hydrogen (secondary N) is 1. The molecule has 1 aromatic heterocycles. The summed E-state index contributed by atoms with van der Waals surface area (Å²) in [4.78, 5) is 4.28. The molecule has 3 rings (SSSR count). The summed E-state index contributed by atoms with van der Waals surface area (Å²) in [5.74, 6) is 2.89. The number of ether oxygens (including phenoxy) is 1. The third-order valence-electron chi connectivity index (χ3n) is 2.82. The van der Waals surface area contributed by atoms with Crippen molar-refractivity contribution in [2.45, 2.75) is 6.54 Å². The van der Waals surface area contributed by atoms with Crippen molar-refractivity contribution in [2.24, 2.45) is 5.73 Å². The van der Waals surface area contributed by atoms with Gasteiger partial charge in [0, 0.05) is 5.56 Å². The van der Waals surface area contributed by atoms with Crippen LogP contribution in [0.15, 0.2) is 54.6 Å². The monoisotopic (exact) mass is 266 g/mol. The first-order valence-electron chi connectivity index (χ1n) is 6.30. The van der Waals surface area contributed by atoms with E-state index in [9.17, 15) is 0 Å².